The van der Waals surface area contributed by atoms with Gasteiger partial charge in [0.05, 0.1) is 18.4 Å². The lowest BCUT2D eigenvalue weighted by atomic mass is 9.97. The Bertz CT molecular complexity index is 1060. The molecule has 186 valence electrons. The molecule has 9 nitrogen and oxygen atoms in total. The Kier molecular flexibility index (Phi) is 8.69. The van der Waals surface area contributed by atoms with E-state index in [4.69, 9.17) is 24.5 Å². The van der Waals surface area contributed by atoms with Gasteiger partial charge in [0, 0.05) is 11.8 Å². The van der Waals surface area contributed by atoms with E-state index in [0.29, 0.717) is 0 Å². The Hall–Kier alpha value is -3.60. The summed E-state index contributed by atoms with van der Waals surface area (Å²) in [4.78, 5) is 18.0. The molecule has 12 heteroatoms. The van der Waals surface area contributed by atoms with Crippen molar-refractivity contribution in [1.29, 1.82) is 0 Å². The van der Waals surface area contributed by atoms with Crippen molar-refractivity contribution >= 4 is 17.6 Å². The minimum Gasteiger partial charge on any atom is -0.457 e. The van der Waals surface area contributed by atoms with Gasteiger partial charge in [-0.15, -0.1) is 0 Å². The number of carbonyl (C=O) groups is 1. The van der Waals surface area contributed by atoms with Crippen LogP contribution in [0.25, 0.3) is 10.4 Å². The fourth-order valence-electron chi connectivity index (χ4n) is 3.46. The molecule has 1 heterocycles. The third-order valence-electron chi connectivity index (χ3n) is 4.98. The van der Waals surface area contributed by atoms with Gasteiger partial charge in [-0.25, -0.2) is 4.99 Å². The van der Waals surface area contributed by atoms with E-state index in [1.54, 1.807) is 36.4 Å². The Morgan fingerprint density at radius 3 is 2.26 bits per heavy atom. The van der Waals surface area contributed by atoms with Gasteiger partial charge in [-0.2, -0.15) is 13.2 Å². The van der Waals surface area contributed by atoms with Crippen molar-refractivity contribution in [2.75, 3.05) is 0 Å². The Morgan fingerprint density at radius 1 is 1.06 bits per heavy atom. The summed E-state index contributed by atoms with van der Waals surface area (Å²) < 4.78 is 63.3. The first-order chi connectivity index (χ1) is 16.7. The van der Waals surface area contributed by atoms with Crippen LogP contribution in [-0.4, -0.2) is 48.7 Å². The van der Waals surface area contributed by atoms with Gasteiger partial charge >= 0.3 is 12.1 Å². The molecule has 0 N–H and O–H groups in total. The number of benzene rings is 2. The van der Waals surface area contributed by atoms with Crippen LogP contribution in [0.4, 0.5) is 18.9 Å². The maximum absolute atomic E-state index is 13.8. The number of halogens is 3. The van der Waals surface area contributed by atoms with Crippen LogP contribution < -0.4 is 0 Å². The second-order valence-corrected chi connectivity index (χ2v) is 7.61. The quantitative estimate of drug-likeness (QED) is 0.131. The van der Waals surface area contributed by atoms with Crippen LogP contribution in [0.5, 0.6) is 0 Å². The molecule has 0 amide bonds. The maximum atomic E-state index is 13.8. The fraction of sp³-hybridized carbons (Fsp3) is 0.391. The lowest BCUT2D eigenvalue weighted by molar-refractivity contribution is -0.254. The summed E-state index contributed by atoms with van der Waals surface area (Å²) in [6.45, 7) is 2.65. The molecule has 0 aliphatic carbocycles. The van der Waals surface area contributed by atoms with Crippen LogP contribution in [0.1, 0.15) is 19.4 Å². The number of azide groups is 1. The molecule has 2 aromatic carbocycles. The first kappa shape index (κ1) is 26.0. The Balaban J connectivity index is 1.94. The van der Waals surface area contributed by atoms with Crippen LogP contribution in [0, 0.1) is 0 Å². The molecule has 1 aliphatic rings. The van der Waals surface area contributed by atoms with Gasteiger partial charge in [-0.05, 0) is 30.2 Å². The molecule has 2 aromatic rings. The predicted molar refractivity (Wildman–Crippen MR) is 119 cm³/mol. The second kappa shape index (κ2) is 11.7. The van der Waals surface area contributed by atoms with E-state index in [2.05, 4.69) is 15.0 Å². The van der Waals surface area contributed by atoms with Crippen molar-refractivity contribution in [3.05, 3.63) is 76.7 Å². The first-order valence-electron chi connectivity index (χ1n) is 10.6. The summed E-state index contributed by atoms with van der Waals surface area (Å²) in [6, 6.07) is 14.9. The van der Waals surface area contributed by atoms with Crippen molar-refractivity contribution in [3.63, 3.8) is 0 Å². The largest absolute Gasteiger partial charge is 0.468 e. The predicted octanol–water partition coefficient (Wildman–Crippen LogP) is 5.24. The van der Waals surface area contributed by atoms with Gasteiger partial charge in [0.25, 0.3) is 5.90 Å². The molecule has 1 fully saturated rings. The summed E-state index contributed by atoms with van der Waals surface area (Å²) in [5.74, 6) is -2.26. The highest BCUT2D eigenvalue weighted by atomic mass is 19.4. The van der Waals surface area contributed by atoms with Crippen molar-refractivity contribution in [3.8, 4) is 0 Å². The van der Waals surface area contributed by atoms with Crippen molar-refractivity contribution < 1.29 is 36.9 Å². The summed E-state index contributed by atoms with van der Waals surface area (Å²) in [6.07, 6.45) is -9.91. The molecule has 0 bridgehead atoms. The number of aliphatic imine (C=N–C) groups is 1. The third kappa shape index (κ3) is 7.19. The molecule has 35 heavy (non-hydrogen) atoms. The minimum atomic E-state index is -4.98. The molecule has 3 unspecified atom stereocenters. The number of esters is 1. The molecule has 1 aliphatic heterocycles. The number of hydrogen-bond donors (Lipinski definition) is 0. The molecule has 0 spiro atoms. The number of rotatable bonds is 7. The van der Waals surface area contributed by atoms with E-state index in [1.165, 1.54) is 38.1 Å². The lowest BCUT2D eigenvalue weighted by Gasteiger charge is -2.43. The molecular weight excluding hydrogens is 469 g/mol. The normalized spacial score (nSPS) is 24.8. The fourth-order valence-corrected chi connectivity index (χ4v) is 3.46. The van der Waals surface area contributed by atoms with Gasteiger partial charge in [-0.3, -0.25) is 4.79 Å². The van der Waals surface area contributed by atoms with E-state index in [-0.39, 0.29) is 12.3 Å². The molecule has 3 rings (SSSR count). The van der Waals surface area contributed by atoms with Gasteiger partial charge < -0.3 is 18.9 Å². The third-order valence-corrected chi connectivity index (χ3v) is 4.98. The van der Waals surface area contributed by atoms with Crippen LogP contribution >= 0.6 is 0 Å². The molecule has 1 saturated heterocycles. The number of nitrogens with zero attached hydrogens (tertiary/aromatic N) is 4. The summed E-state index contributed by atoms with van der Waals surface area (Å²) in [7, 11) is 0. The van der Waals surface area contributed by atoms with Crippen LogP contribution in [0.3, 0.4) is 0 Å². The monoisotopic (exact) mass is 492 g/mol. The molecular formula is C23H23F3N4O5. The van der Waals surface area contributed by atoms with Gasteiger partial charge in [-0.1, -0.05) is 53.6 Å². The standard InChI is InChI=1S/C23H23F3N4O5/c1-14-19(34-15(2)31)20(32-13-16-9-5-3-6-10-16)18(29-30-27)21(33-14)35-22(23(24,25)26)28-17-11-7-4-8-12-17/h3-12,14,18-21H,13H2,1-2H3/t14?,18?,19-,20?,21-/m0/s1. The topological polar surface area (TPSA) is 115 Å². The first-order valence-corrected chi connectivity index (χ1v) is 10.6. The summed E-state index contributed by atoms with van der Waals surface area (Å²) in [5, 5.41) is 3.58. The van der Waals surface area contributed by atoms with Gasteiger partial charge in [0.2, 0.25) is 6.29 Å². The highest BCUT2D eigenvalue weighted by Crippen LogP contribution is 2.32. The minimum absolute atomic E-state index is 0.00122. The van der Waals surface area contributed by atoms with Crippen LogP contribution in [0.15, 0.2) is 70.8 Å². The maximum Gasteiger partial charge on any atom is 0.468 e. The van der Waals surface area contributed by atoms with E-state index in [0.717, 1.165) is 5.56 Å². The zero-order valence-corrected chi connectivity index (χ0v) is 18.8. The van der Waals surface area contributed by atoms with Crippen molar-refractivity contribution in [2.45, 2.75) is 57.3 Å². The average Bonchev–Trinajstić information content (AvgIpc) is 2.81. The summed E-state index contributed by atoms with van der Waals surface area (Å²) in [5.41, 5.74) is 9.88. The molecule has 0 radical (unpaired) electrons. The molecule has 0 saturated carbocycles. The Morgan fingerprint density at radius 2 is 1.69 bits per heavy atom. The van der Waals surface area contributed by atoms with Crippen molar-refractivity contribution in [2.24, 2.45) is 10.1 Å². The summed E-state index contributed by atoms with van der Waals surface area (Å²) >= 11 is 0. The number of alkyl halides is 3. The smallest absolute Gasteiger partial charge is 0.457 e. The van der Waals surface area contributed by atoms with Gasteiger partial charge in [0.15, 0.2) is 6.10 Å². The SMILES string of the molecule is CC(=O)O[C@H]1C(C)O[C@@H](OC(=Nc2ccccc2)C(F)(F)F)C(N=[N+]=[N-])C1OCc1ccccc1. The zero-order valence-electron chi connectivity index (χ0n) is 18.8. The van der Waals surface area contributed by atoms with Crippen LogP contribution in [0.2, 0.25) is 0 Å². The molecule has 5 atom stereocenters. The number of ether oxygens (including phenoxy) is 4. The highest BCUT2D eigenvalue weighted by Gasteiger charge is 2.50. The van der Waals surface area contributed by atoms with Crippen LogP contribution in [-0.2, 0) is 30.3 Å². The lowest BCUT2D eigenvalue weighted by Crippen LogP contribution is -2.59. The number of para-hydroxylation sites is 1. The second-order valence-electron chi connectivity index (χ2n) is 7.61. The number of carbonyl (C=O) groups excluding carboxylic acids is 1. The number of hydrogen-bond acceptors (Lipinski definition) is 7. The van der Waals surface area contributed by atoms with E-state index in [1.807, 2.05) is 0 Å². The van der Waals surface area contributed by atoms with Gasteiger partial charge in [0.1, 0.15) is 12.1 Å². The average molecular weight is 492 g/mol. The Labute approximate surface area is 199 Å². The zero-order chi connectivity index (χ0) is 25.4. The van der Waals surface area contributed by atoms with E-state index >= 15 is 0 Å². The van der Waals surface area contributed by atoms with E-state index in [9.17, 15) is 18.0 Å². The highest BCUT2D eigenvalue weighted by molar-refractivity contribution is 5.84. The van der Waals surface area contributed by atoms with E-state index < -0.39 is 48.7 Å². The van der Waals surface area contributed by atoms with Crippen molar-refractivity contribution in [1.82, 2.24) is 0 Å². The molecule has 0 aromatic heterocycles.